The van der Waals surface area contributed by atoms with Crippen LogP contribution in [0.3, 0.4) is 0 Å². The third kappa shape index (κ3) is 2.69. The van der Waals surface area contributed by atoms with E-state index >= 15 is 0 Å². The predicted molar refractivity (Wildman–Crippen MR) is 52.4 cm³/mol. The Morgan fingerprint density at radius 1 is 1.77 bits per heavy atom. The molecule has 2 N–H and O–H groups in total. The molecule has 0 aliphatic heterocycles. The molecule has 5 heteroatoms. The molecule has 0 spiro atoms. The fourth-order valence-corrected chi connectivity index (χ4v) is 1.61. The van der Waals surface area contributed by atoms with Gasteiger partial charge in [-0.3, -0.25) is 0 Å². The molecule has 0 saturated carbocycles. The second kappa shape index (κ2) is 4.23. The predicted octanol–water partition coefficient (Wildman–Crippen LogP) is 1.43. The van der Waals surface area contributed by atoms with Crippen LogP contribution >= 0.6 is 11.3 Å². The summed E-state index contributed by atoms with van der Waals surface area (Å²) in [6, 6.07) is -0.286. The third-order valence-corrected chi connectivity index (χ3v) is 2.46. The lowest BCUT2D eigenvalue weighted by Gasteiger charge is -2.23. The lowest BCUT2D eigenvalue weighted by atomic mass is 10.3. The highest BCUT2D eigenvalue weighted by molar-refractivity contribution is 7.09. The fourth-order valence-electron chi connectivity index (χ4n) is 0.992. The molecule has 0 radical (unpaired) electrons. The van der Waals surface area contributed by atoms with Crippen LogP contribution in [0.1, 0.15) is 18.9 Å². The number of hydrogen-bond acceptors (Lipinski definition) is 3. The maximum Gasteiger partial charge on any atom is 0.315 e. The Hall–Kier alpha value is -1.10. The Morgan fingerprint density at radius 2 is 2.46 bits per heavy atom. The first-order valence-corrected chi connectivity index (χ1v) is 4.93. The van der Waals surface area contributed by atoms with Gasteiger partial charge >= 0.3 is 6.03 Å². The van der Waals surface area contributed by atoms with Crippen molar-refractivity contribution in [3.05, 3.63) is 16.6 Å². The first-order valence-electron chi connectivity index (χ1n) is 4.05. The number of thiazole rings is 1. The fraction of sp³-hybridized carbons (Fsp3) is 0.500. The lowest BCUT2D eigenvalue weighted by Crippen LogP contribution is -2.40. The monoisotopic (exact) mass is 199 g/mol. The SMILES string of the molecule is CC(C)N(Cc1nccs1)C(N)=O. The molecule has 0 atom stereocenters. The Labute approximate surface area is 81.4 Å². The van der Waals surface area contributed by atoms with Crippen molar-refractivity contribution in [3.8, 4) is 0 Å². The molecule has 0 aliphatic carbocycles. The summed E-state index contributed by atoms with van der Waals surface area (Å²) in [6.45, 7) is 4.36. The van der Waals surface area contributed by atoms with E-state index in [1.807, 2.05) is 19.2 Å². The molecule has 0 saturated heterocycles. The van der Waals surface area contributed by atoms with E-state index in [1.54, 1.807) is 11.1 Å². The van der Waals surface area contributed by atoms with E-state index in [0.29, 0.717) is 6.54 Å². The van der Waals surface area contributed by atoms with Crippen molar-refractivity contribution in [2.75, 3.05) is 0 Å². The van der Waals surface area contributed by atoms with Crippen molar-refractivity contribution in [2.24, 2.45) is 5.73 Å². The van der Waals surface area contributed by atoms with Gasteiger partial charge in [-0.2, -0.15) is 0 Å². The molecule has 0 fully saturated rings. The first-order chi connectivity index (χ1) is 6.11. The largest absolute Gasteiger partial charge is 0.351 e. The van der Waals surface area contributed by atoms with Crippen LogP contribution in [0.15, 0.2) is 11.6 Å². The third-order valence-electron chi connectivity index (χ3n) is 1.70. The molecule has 1 heterocycles. The summed E-state index contributed by atoms with van der Waals surface area (Å²) in [5, 5.41) is 2.79. The Morgan fingerprint density at radius 3 is 2.85 bits per heavy atom. The zero-order valence-corrected chi connectivity index (χ0v) is 8.54. The first kappa shape index (κ1) is 9.98. The molecule has 72 valence electrons. The van der Waals surface area contributed by atoms with Crippen LogP contribution in [0.25, 0.3) is 0 Å². The van der Waals surface area contributed by atoms with Crippen LogP contribution in [0.2, 0.25) is 0 Å². The van der Waals surface area contributed by atoms with Crippen LogP contribution in [-0.2, 0) is 6.54 Å². The Balaban J connectivity index is 2.63. The number of carbonyl (C=O) groups is 1. The molecule has 0 aromatic carbocycles. The highest BCUT2D eigenvalue weighted by Crippen LogP contribution is 2.10. The summed E-state index contributed by atoms with van der Waals surface area (Å²) in [4.78, 5) is 16.7. The lowest BCUT2D eigenvalue weighted by molar-refractivity contribution is 0.189. The van der Waals surface area contributed by atoms with E-state index in [0.717, 1.165) is 5.01 Å². The van der Waals surface area contributed by atoms with Gasteiger partial charge in [0, 0.05) is 17.6 Å². The zero-order valence-electron chi connectivity index (χ0n) is 7.73. The van der Waals surface area contributed by atoms with Crippen molar-refractivity contribution in [2.45, 2.75) is 26.4 Å². The minimum atomic E-state index is -0.398. The zero-order chi connectivity index (χ0) is 9.84. The van der Waals surface area contributed by atoms with Gasteiger partial charge in [-0.05, 0) is 13.8 Å². The number of rotatable bonds is 3. The smallest absolute Gasteiger partial charge is 0.315 e. The highest BCUT2D eigenvalue weighted by atomic mass is 32.1. The topological polar surface area (TPSA) is 59.2 Å². The summed E-state index contributed by atoms with van der Waals surface area (Å²) < 4.78 is 0. The number of aromatic nitrogens is 1. The van der Waals surface area contributed by atoms with E-state index in [4.69, 9.17) is 5.73 Å². The Bertz CT molecular complexity index is 271. The molecule has 13 heavy (non-hydrogen) atoms. The normalized spacial score (nSPS) is 10.4. The molecular weight excluding hydrogens is 186 g/mol. The van der Waals surface area contributed by atoms with Gasteiger partial charge in [-0.25, -0.2) is 9.78 Å². The van der Waals surface area contributed by atoms with Crippen molar-refractivity contribution in [1.29, 1.82) is 0 Å². The second-order valence-corrected chi connectivity index (χ2v) is 3.96. The van der Waals surface area contributed by atoms with E-state index < -0.39 is 6.03 Å². The van der Waals surface area contributed by atoms with E-state index in [-0.39, 0.29) is 6.04 Å². The van der Waals surface area contributed by atoms with Gasteiger partial charge in [-0.1, -0.05) is 0 Å². The number of primary amides is 1. The van der Waals surface area contributed by atoms with Gasteiger partial charge in [0.2, 0.25) is 0 Å². The summed E-state index contributed by atoms with van der Waals surface area (Å²) in [6.07, 6.45) is 1.72. The van der Waals surface area contributed by atoms with Crippen molar-refractivity contribution in [3.63, 3.8) is 0 Å². The summed E-state index contributed by atoms with van der Waals surface area (Å²) in [5.41, 5.74) is 5.22. The number of carbonyl (C=O) groups excluding carboxylic acids is 1. The average Bonchev–Trinajstić information content (AvgIpc) is 2.50. The number of nitrogens with two attached hydrogens (primary N) is 1. The van der Waals surface area contributed by atoms with Gasteiger partial charge in [0.25, 0.3) is 0 Å². The van der Waals surface area contributed by atoms with Crippen LogP contribution in [-0.4, -0.2) is 22.0 Å². The van der Waals surface area contributed by atoms with Crippen LogP contribution in [0.5, 0.6) is 0 Å². The van der Waals surface area contributed by atoms with Gasteiger partial charge in [0.15, 0.2) is 0 Å². The van der Waals surface area contributed by atoms with Gasteiger partial charge in [0.05, 0.1) is 6.54 Å². The molecule has 0 bridgehead atoms. The highest BCUT2D eigenvalue weighted by Gasteiger charge is 2.14. The Kier molecular flexibility index (Phi) is 3.25. The molecule has 0 aliphatic rings. The number of nitrogens with zero attached hydrogens (tertiary/aromatic N) is 2. The minimum absolute atomic E-state index is 0.112. The summed E-state index contributed by atoms with van der Waals surface area (Å²) in [7, 11) is 0. The van der Waals surface area contributed by atoms with Crippen LogP contribution in [0, 0.1) is 0 Å². The molecule has 0 unspecified atom stereocenters. The van der Waals surface area contributed by atoms with Crippen molar-refractivity contribution < 1.29 is 4.79 Å². The van der Waals surface area contributed by atoms with Gasteiger partial charge in [0.1, 0.15) is 5.01 Å². The molecule has 2 amide bonds. The number of urea groups is 1. The van der Waals surface area contributed by atoms with Crippen molar-refractivity contribution >= 4 is 17.4 Å². The number of hydrogen-bond donors (Lipinski definition) is 1. The van der Waals surface area contributed by atoms with Gasteiger partial charge in [-0.15, -0.1) is 11.3 Å². The van der Waals surface area contributed by atoms with E-state index in [9.17, 15) is 4.79 Å². The standard InChI is InChI=1S/C8H13N3OS/c1-6(2)11(8(9)12)5-7-10-3-4-13-7/h3-4,6H,5H2,1-2H3,(H2,9,12). The number of amides is 2. The molecule has 1 aromatic heterocycles. The van der Waals surface area contributed by atoms with Gasteiger partial charge < -0.3 is 10.6 Å². The van der Waals surface area contributed by atoms with Crippen LogP contribution < -0.4 is 5.73 Å². The van der Waals surface area contributed by atoms with E-state index in [2.05, 4.69) is 4.98 Å². The summed E-state index contributed by atoms with van der Waals surface area (Å²) >= 11 is 1.53. The van der Waals surface area contributed by atoms with Crippen molar-refractivity contribution in [1.82, 2.24) is 9.88 Å². The molecule has 4 nitrogen and oxygen atoms in total. The average molecular weight is 199 g/mol. The summed E-state index contributed by atoms with van der Waals surface area (Å²) in [5.74, 6) is 0. The molecule has 1 aromatic rings. The molecule has 1 rings (SSSR count). The quantitative estimate of drug-likeness (QED) is 0.800. The van der Waals surface area contributed by atoms with E-state index in [1.165, 1.54) is 11.3 Å². The minimum Gasteiger partial charge on any atom is -0.351 e. The maximum atomic E-state index is 11.0. The van der Waals surface area contributed by atoms with Crippen LogP contribution in [0.4, 0.5) is 4.79 Å². The second-order valence-electron chi connectivity index (χ2n) is 2.99. The molecular formula is C8H13N3OS. The maximum absolute atomic E-state index is 11.0.